The minimum Gasteiger partial charge on any atom is -0.310 e. The van der Waals surface area contributed by atoms with E-state index in [4.69, 9.17) is 0 Å². The van der Waals surface area contributed by atoms with Gasteiger partial charge in [0.1, 0.15) is 0 Å². The minimum atomic E-state index is 0.240. The number of para-hydroxylation sites is 1. The fourth-order valence-electron chi connectivity index (χ4n) is 7.49. The maximum absolute atomic E-state index is 4.35. The molecule has 1 heteroatoms. The average molecular weight is 598 g/mol. The van der Waals surface area contributed by atoms with Crippen molar-refractivity contribution < 1.29 is 0 Å². The highest BCUT2D eigenvalue weighted by molar-refractivity contribution is 5.89. The van der Waals surface area contributed by atoms with E-state index < -0.39 is 0 Å². The molecule has 2 aliphatic carbocycles. The third-order valence-electron chi connectivity index (χ3n) is 10.1. The van der Waals surface area contributed by atoms with Crippen molar-refractivity contribution in [1.29, 1.82) is 0 Å². The molecule has 0 radical (unpaired) electrons. The van der Waals surface area contributed by atoms with Crippen LogP contribution in [-0.2, 0) is 5.41 Å². The molecule has 7 rings (SSSR count). The molecular weight excluding hydrogens is 555 g/mol. The van der Waals surface area contributed by atoms with Crippen molar-refractivity contribution in [2.45, 2.75) is 57.3 Å². The van der Waals surface area contributed by atoms with Crippen molar-refractivity contribution in [2.24, 2.45) is 0 Å². The SMILES string of the molecule is C=C1CCCC(CC)(c2ccc(-c3ccc(N(c4ccc(C5=CCCC=C5)cc4)c4ccccc4-c4ccccc4)cc3)cc2)C1. The summed E-state index contributed by atoms with van der Waals surface area (Å²) >= 11 is 0. The van der Waals surface area contributed by atoms with Gasteiger partial charge in [0.2, 0.25) is 0 Å². The van der Waals surface area contributed by atoms with Crippen LogP contribution in [0.25, 0.3) is 27.8 Å². The van der Waals surface area contributed by atoms with Gasteiger partial charge >= 0.3 is 0 Å². The Morgan fingerprint density at radius 3 is 1.91 bits per heavy atom. The third-order valence-corrected chi connectivity index (χ3v) is 10.1. The van der Waals surface area contributed by atoms with E-state index in [0.717, 1.165) is 42.7 Å². The summed E-state index contributed by atoms with van der Waals surface area (Å²) in [5, 5.41) is 0. The fourth-order valence-corrected chi connectivity index (χ4v) is 7.49. The van der Waals surface area contributed by atoms with Crippen molar-refractivity contribution in [2.75, 3.05) is 4.90 Å². The number of hydrogen-bond donors (Lipinski definition) is 0. The first-order chi connectivity index (χ1) is 22.6. The lowest BCUT2D eigenvalue weighted by Gasteiger charge is -2.38. The Kier molecular flexibility index (Phi) is 8.57. The first kappa shape index (κ1) is 29.8. The molecule has 0 aliphatic heterocycles. The van der Waals surface area contributed by atoms with Gasteiger partial charge in [-0.15, -0.1) is 0 Å². The maximum Gasteiger partial charge on any atom is 0.0540 e. The minimum absolute atomic E-state index is 0.240. The Bertz CT molecular complexity index is 1860. The zero-order chi connectivity index (χ0) is 31.3. The first-order valence-electron chi connectivity index (χ1n) is 16.9. The van der Waals surface area contributed by atoms with E-state index in [0.29, 0.717) is 0 Å². The normalized spacial score (nSPS) is 17.8. The number of anilines is 3. The van der Waals surface area contributed by atoms with Gasteiger partial charge in [0, 0.05) is 16.9 Å². The lowest BCUT2D eigenvalue weighted by atomic mass is 9.66. The quantitative estimate of drug-likeness (QED) is 0.161. The second kappa shape index (κ2) is 13.2. The Morgan fingerprint density at radius 1 is 0.652 bits per heavy atom. The zero-order valence-corrected chi connectivity index (χ0v) is 27.0. The summed E-state index contributed by atoms with van der Waals surface area (Å²) in [5.41, 5.74) is 14.0. The predicted molar refractivity (Wildman–Crippen MR) is 198 cm³/mol. The van der Waals surface area contributed by atoms with E-state index in [-0.39, 0.29) is 5.41 Å². The van der Waals surface area contributed by atoms with Gasteiger partial charge in [-0.2, -0.15) is 0 Å². The highest BCUT2D eigenvalue weighted by atomic mass is 15.1. The molecule has 1 unspecified atom stereocenters. The predicted octanol–water partition coefficient (Wildman–Crippen LogP) is 13.0. The van der Waals surface area contributed by atoms with Crippen LogP contribution in [0.3, 0.4) is 0 Å². The summed E-state index contributed by atoms with van der Waals surface area (Å²) in [4.78, 5) is 2.39. The van der Waals surface area contributed by atoms with E-state index in [1.54, 1.807) is 0 Å². The summed E-state index contributed by atoms with van der Waals surface area (Å²) in [6, 6.07) is 46.9. The van der Waals surface area contributed by atoms with E-state index in [2.05, 4.69) is 164 Å². The molecule has 0 spiro atoms. The summed E-state index contributed by atoms with van der Waals surface area (Å²) in [6.07, 6.45) is 15.1. The molecule has 0 amide bonds. The van der Waals surface area contributed by atoms with Crippen LogP contribution in [-0.4, -0.2) is 0 Å². The number of nitrogens with zero attached hydrogens (tertiary/aromatic N) is 1. The number of benzene rings is 5. The van der Waals surface area contributed by atoms with Gasteiger partial charge in [-0.3, -0.25) is 0 Å². The fraction of sp³-hybridized carbons (Fsp3) is 0.200. The molecule has 0 heterocycles. The molecule has 228 valence electrons. The second-order valence-electron chi connectivity index (χ2n) is 12.9. The Hall–Kier alpha value is -4.88. The summed E-state index contributed by atoms with van der Waals surface area (Å²) in [7, 11) is 0. The van der Waals surface area contributed by atoms with Gasteiger partial charge in [-0.25, -0.2) is 0 Å². The van der Waals surface area contributed by atoms with Crippen LogP contribution in [0.4, 0.5) is 17.1 Å². The van der Waals surface area contributed by atoms with Crippen molar-refractivity contribution in [1.82, 2.24) is 0 Å². The van der Waals surface area contributed by atoms with Gasteiger partial charge in [-0.1, -0.05) is 134 Å². The molecule has 1 nitrogen and oxygen atoms in total. The molecule has 0 saturated heterocycles. The monoisotopic (exact) mass is 597 g/mol. The topological polar surface area (TPSA) is 3.24 Å². The molecule has 2 aliphatic rings. The molecule has 0 aromatic heterocycles. The number of rotatable bonds is 8. The van der Waals surface area contributed by atoms with Crippen LogP contribution in [0.1, 0.15) is 63.0 Å². The smallest absolute Gasteiger partial charge is 0.0540 e. The summed E-state index contributed by atoms with van der Waals surface area (Å²) in [6.45, 7) is 6.69. The maximum atomic E-state index is 4.35. The molecule has 1 saturated carbocycles. The van der Waals surface area contributed by atoms with Crippen LogP contribution in [0, 0.1) is 0 Å². The van der Waals surface area contributed by atoms with Crippen molar-refractivity contribution in [3.63, 3.8) is 0 Å². The number of hydrogen-bond acceptors (Lipinski definition) is 1. The van der Waals surface area contributed by atoms with Crippen LogP contribution in [0.15, 0.2) is 158 Å². The van der Waals surface area contributed by atoms with Crippen molar-refractivity contribution in [3.8, 4) is 22.3 Å². The average Bonchev–Trinajstić information content (AvgIpc) is 3.13. The van der Waals surface area contributed by atoms with Crippen LogP contribution < -0.4 is 4.90 Å². The standard InChI is InChI=1S/C45H43N/c1-3-45(32-12-13-34(2)33-45)40-26-20-36(21-27-40)38-24-30-42(31-25-38)46(41-28-22-37(23-29-41)35-14-6-4-7-15-35)44-19-11-10-18-43(44)39-16-8-5-9-17-39/h5-6,8-11,14-31H,2-4,7,12-13,32-33H2,1H3. The Labute approximate surface area is 275 Å². The Balaban J connectivity index is 1.24. The van der Waals surface area contributed by atoms with Gasteiger partial charge in [0.25, 0.3) is 0 Å². The van der Waals surface area contributed by atoms with Gasteiger partial charge in [0.05, 0.1) is 5.69 Å². The summed E-state index contributed by atoms with van der Waals surface area (Å²) < 4.78 is 0. The van der Waals surface area contributed by atoms with Crippen molar-refractivity contribution >= 4 is 22.6 Å². The van der Waals surface area contributed by atoms with E-state index in [9.17, 15) is 0 Å². The number of allylic oxidation sites excluding steroid dienone is 5. The highest BCUT2D eigenvalue weighted by Gasteiger charge is 2.33. The molecule has 46 heavy (non-hydrogen) atoms. The lowest BCUT2D eigenvalue weighted by molar-refractivity contribution is 0.330. The van der Waals surface area contributed by atoms with Crippen LogP contribution in [0.2, 0.25) is 0 Å². The lowest BCUT2D eigenvalue weighted by Crippen LogP contribution is -2.28. The zero-order valence-electron chi connectivity index (χ0n) is 27.0. The van der Waals surface area contributed by atoms with Gasteiger partial charge in [-0.05, 0) is 114 Å². The van der Waals surface area contributed by atoms with Crippen LogP contribution in [0.5, 0.6) is 0 Å². The Morgan fingerprint density at radius 2 is 1.28 bits per heavy atom. The van der Waals surface area contributed by atoms with Crippen LogP contribution >= 0.6 is 0 Å². The third kappa shape index (κ3) is 6.03. The first-order valence-corrected chi connectivity index (χ1v) is 16.9. The summed E-state index contributed by atoms with van der Waals surface area (Å²) in [5.74, 6) is 0. The van der Waals surface area contributed by atoms with E-state index in [1.807, 2.05) is 0 Å². The van der Waals surface area contributed by atoms with Gasteiger partial charge in [0.15, 0.2) is 0 Å². The van der Waals surface area contributed by atoms with Crippen molar-refractivity contribution in [3.05, 3.63) is 169 Å². The van der Waals surface area contributed by atoms with E-state index in [1.165, 1.54) is 63.8 Å². The molecule has 5 aromatic rings. The largest absolute Gasteiger partial charge is 0.310 e. The molecule has 0 bridgehead atoms. The second-order valence-corrected chi connectivity index (χ2v) is 12.9. The molecule has 5 aromatic carbocycles. The molecule has 0 N–H and O–H groups in total. The molecule has 1 atom stereocenters. The molecular formula is C45H43N. The molecule has 1 fully saturated rings. The highest BCUT2D eigenvalue weighted by Crippen LogP contribution is 2.45. The van der Waals surface area contributed by atoms with Gasteiger partial charge < -0.3 is 4.90 Å². The van der Waals surface area contributed by atoms with E-state index >= 15 is 0 Å².